The summed E-state index contributed by atoms with van der Waals surface area (Å²) in [6.07, 6.45) is 1.15. The SMILES string of the molecule is O=[N+]([O-])c1cc(CCCCc2cc([N+](=O)[O-])c(Cl)cc2F)c(F)cc1Cl. The summed E-state index contributed by atoms with van der Waals surface area (Å²) in [4.78, 5) is 20.3. The third-order valence-electron chi connectivity index (χ3n) is 3.77. The quantitative estimate of drug-likeness (QED) is 0.338. The fraction of sp³-hybridized carbons (Fsp3) is 0.250. The minimum absolute atomic E-state index is 0.128. The summed E-state index contributed by atoms with van der Waals surface area (Å²) >= 11 is 11.2. The highest BCUT2D eigenvalue weighted by molar-refractivity contribution is 6.33. The van der Waals surface area contributed by atoms with Crippen molar-refractivity contribution in [3.8, 4) is 0 Å². The zero-order chi connectivity index (χ0) is 19.4. The lowest BCUT2D eigenvalue weighted by Gasteiger charge is -2.06. The van der Waals surface area contributed by atoms with Crippen LogP contribution in [0.2, 0.25) is 10.0 Å². The van der Waals surface area contributed by atoms with Gasteiger partial charge in [0.25, 0.3) is 11.4 Å². The molecule has 0 unspecified atom stereocenters. The Balaban J connectivity index is 2.04. The zero-order valence-corrected chi connectivity index (χ0v) is 14.7. The normalized spacial score (nSPS) is 10.8. The molecule has 0 aliphatic carbocycles. The van der Waals surface area contributed by atoms with Gasteiger partial charge in [-0.25, -0.2) is 8.78 Å². The number of hydrogen-bond donors (Lipinski definition) is 0. The molecule has 26 heavy (non-hydrogen) atoms. The predicted molar refractivity (Wildman–Crippen MR) is 92.8 cm³/mol. The lowest BCUT2D eigenvalue weighted by Crippen LogP contribution is -1.99. The molecule has 0 saturated carbocycles. The Labute approximate surface area is 156 Å². The second kappa shape index (κ2) is 8.37. The zero-order valence-electron chi connectivity index (χ0n) is 13.2. The lowest BCUT2D eigenvalue weighted by atomic mass is 10.0. The number of rotatable bonds is 7. The van der Waals surface area contributed by atoms with Gasteiger partial charge in [0.15, 0.2) is 0 Å². The highest BCUT2D eigenvalue weighted by Gasteiger charge is 2.18. The molecule has 0 bridgehead atoms. The largest absolute Gasteiger partial charge is 0.288 e. The van der Waals surface area contributed by atoms with Crippen LogP contribution in [0.25, 0.3) is 0 Å². The molecule has 0 saturated heterocycles. The molecule has 0 aliphatic heterocycles. The topological polar surface area (TPSA) is 86.3 Å². The first kappa shape index (κ1) is 20.0. The maximum atomic E-state index is 13.8. The highest BCUT2D eigenvalue weighted by Crippen LogP contribution is 2.30. The van der Waals surface area contributed by atoms with Crippen molar-refractivity contribution < 1.29 is 18.6 Å². The summed E-state index contributed by atoms with van der Waals surface area (Å²) in [7, 11) is 0. The average molecular weight is 405 g/mol. The lowest BCUT2D eigenvalue weighted by molar-refractivity contribution is -0.385. The summed E-state index contributed by atoms with van der Waals surface area (Å²) in [5.41, 5.74) is -0.516. The van der Waals surface area contributed by atoms with Gasteiger partial charge in [-0.15, -0.1) is 0 Å². The van der Waals surface area contributed by atoms with E-state index in [1.54, 1.807) is 0 Å². The first-order valence-corrected chi connectivity index (χ1v) is 8.21. The van der Waals surface area contributed by atoms with Crippen LogP contribution in [0, 0.1) is 31.9 Å². The fourth-order valence-electron chi connectivity index (χ4n) is 2.46. The molecule has 0 spiro atoms. The molecule has 0 fully saturated rings. The Morgan fingerprint density at radius 2 is 1.12 bits per heavy atom. The Morgan fingerprint density at radius 3 is 1.42 bits per heavy atom. The standard InChI is InChI=1S/C16H12Cl2F2N2O4/c17-11-7-13(19)9(5-15(11)21(23)24)3-1-2-4-10-6-16(22(25)26)12(18)8-14(10)20/h5-8H,1-4H2. The number of nitro benzene ring substituents is 2. The molecule has 0 N–H and O–H groups in total. The van der Waals surface area contributed by atoms with Crippen molar-refractivity contribution in [3.63, 3.8) is 0 Å². The van der Waals surface area contributed by atoms with E-state index < -0.39 is 21.5 Å². The van der Waals surface area contributed by atoms with Gasteiger partial charge in [-0.2, -0.15) is 0 Å². The first-order chi connectivity index (χ1) is 12.2. The fourth-order valence-corrected chi connectivity index (χ4v) is 2.89. The number of nitrogens with zero attached hydrogens (tertiary/aromatic N) is 2. The second-order valence-corrected chi connectivity index (χ2v) is 6.33. The van der Waals surface area contributed by atoms with E-state index in [0.717, 1.165) is 24.3 Å². The smallest absolute Gasteiger partial charge is 0.258 e. The van der Waals surface area contributed by atoms with Crippen LogP contribution in [0.4, 0.5) is 20.2 Å². The van der Waals surface area contributed by atoms with Crippen LogP contribution in [0.1, 0.15) is 24.0 Å². The third-order valence-corrected chi connectivity index (χ3v) is 4.37. The average Bonchev–Trinajstić information content (AvgIpc) is 2.54. The molecule has 0 heterocycles. The number of nitro groups is 2. The van der Waals surface area contributed by atoms with Crippen molar-refractivity contribution in [2.24, 2.45) is 0 Å². The number of unbranched alkanes of at least 4 members (excludes halogenated alkanes) is 1. The van der Waals surface area contributed by atoms with Crippen LogP contribution >= 0.6 is 23.2 Å². The number of halogens is 4. The van der Waals surface area contributed by atoms with Gasteiger partial charge in [-0.1, -0.05) is 23.2 Å². The van der Waals surface area contributed by atoms with Crippen LogP contribution in [-0.2, 0) is 12.8 Å². The van der Waals surface area contributed by atoms with Crippen LogP contribution < -0.4 is 0 Å². The van der Waals surface area contributed by atoms with Crippen molar-refractivity contribution in [2.45, 2.75) is 25.7 Å². The van der Waals surface area contributed by atoms with Crippen molar-refractivity contribution in [3.05, 3.63) is 77.3 Å². The maximum Gasteiger partial charge on any atom is 0.288 e. The van der Waals surface area contributed by atoms with Crippen molar-refractivity contribution >= 4 is 34.6 Å². The van der Waals surface area contributed by atoms with E-state index in [1.807, 2.05) is 0 Å². The van der Waals surface area contributed by atoms with Gasteiger partial charge < -0.3 is 0 Å². The Morgan fingerprint density at radius 1 is 0.769 bits per heavy atom. The summed E-state index contributed by atoms with van der Waals surface area (Å²) in [6.45, 7) is 0. The first-order valence-electron chi connectivity index (χ1n) is 7.45. The number of hydrogen-bond acceptors (Lipinski definition) is 4. The monoisotopic (exact) mass is 404 g/mol. The van der Waals surface area contributed by atoms with Gasteiger partial charge >= 0.3 is 0 Å². The van der Waals surface area contributed by atoms with Crippen molar-refractivity contribution in [1.82, 2.24) is 0 Å². The summed E-state index contributed by atoms with van der Waals surface area (Å²) in [5.74, 6) is -1.32. The Kier molecular flexibility index (Phi) is 6.44. The van der Waals surface area contributed by atoms with E-state index in [9.17, 15) is 29.0 Å². The van der Waals surface area contributed by atoms with Crippen molar-refractivity contribution in [1.29, 1.82) is 0 Å². The molecule has 10 heteroatoms. The Hall–Kier alpha value is -2.32. The van der Waals surface area contributed by atoms with Gasteiger partial charge in [0.2, 0.25) is 0 Å². The van der Waals surface area contributed by atoms with Crippen LogP contribution in [0.5, 0.6) is 0 Å². The van der Waals surface area contributed by atoms with E-state index in [1.165, 1.54) is 0 Å². The molecule has 0 aromatic heterocycles. The van der Waals surface area contributed by atoms with Crippen LogP contribution in [0.15, 0.2) is 24.3 Å². The molecule has 138 valence electrons. The van der Waals surface area contributed by atoms with E-state index >= 15 is 0 Å². The van der Waals surface area contributed by atoms with Gasteiger partial charge in [-0.3, -0.25) is 20.2 Å². The predicted octanol–water partition coefficient (Wildman–Crippen LogP) is 5.65. The summed E-state index contributed by atoms with van der Waals surface area (Å²) < 4.78 is 27.7. The van der Waals surface area contributed by atoms with E-state index in [0.29, 0.717) is 12.8 Å². The van der Waals surface area contributed by atoms with E-state index in [2.05, 4.69) is 0 Å². The summed E-state index contributed by atoms with van der Waals surface area (Å²) in [5, 5.41) is 21.1. The van der Waals surface area contributed by atoms with E-state index in [-0.39, 0.29) is 45.4 Å². The maximum absolute atomic E-state index is 13.8. The molecule has 0 aliphatic rings. The minimum Gasteiger partial charge on any atom is -0.258 e. The molecule has 6 nitrogen and oxygen atoms in total. The summed E-state index contributed by atoms with van der Waals surface area (Å²) in [6, 6.07) is 3.92. The molecule has 2 aromatic carbocycles. The molecule has 2 aromatic rings. The van der Waals surface area contributed by atoms with Crippen molar-refractivity contribution in [2.75, 3.05) is 0 Å². The Bertz CT molecular complexity index is 806. The molecule has 0 atom stereocenters. The number of aryl methyl sites for hydroxylation is 2. The molecule has 0 radical (unpaired) electrons. The van der Waals surface area contributed by atoms with Gasteiger partial charge in [0.1, 0.15) is 21.7 Å². The molecule has 2 rings (SSSR count). The molecule has 0 amide bonds. The van der Waals surface area contributed by atoms with Crippen LogP contribution in [-0.4, -0.2) is 9.85 Å². The van der Waals surface area contributed by atoms with Gasteiger partial charge in [0.05, 0.1) is 9.85 Å². The van der Waals surface area contributed by atoms with E-state index in [4.69, 9.17) is 23.2 Å². The molecular weight excluding hydrogens is 393 g/mol. The van der Waals surface area contributed by atoms with Crippen LogP contribution in [0.3, 0.4) is 0 Å². The van der Waals surface area contributed by atoms with Gasteiger partial charge in [0, 0.05) is 12.1 Å². The second-order valence-electron chi connectivity index (χ2n) is 5.51. The number of benzene rings is 2. The molecular formula is C16H12Cl2F2N2O4. The third kappa shape index (κ3) is 4.64. The van der Waals surface area contributed by atoms with Gasteiger partial charge in [-0.05, 0) is 48.9 Å². The highest BCUT2D eigenvalue weighted by atomic mass is 35.5. The minimum atomic E-state index is -0.701.